The molecule has 0 saturated carbocycles. The van der Waals surface area contributed by atoms with Crippen LogP contribution in [-0.2, 0) is 11.2 Å². The zero-order chi connectivity index (χ0) is 19.2. The normalized spacial score (nSPS) is 16.8. The summed E-state index contributed by atoms with van der Waals surface area (Å²) in [6, 6.07) is 24.4. The van der Waals surface area contributed by atoms with Gasteiger partial charge in [0, 0.05) is 6.20 Å². The Bertz CT molecular complexity index is 872. The molecular formula is C24H25N3O. The second-order valence-electron chi connectivity index (χ2n) is 7.19. The van der Waals surface area contributed by atoms with Crippen molar-refractivity contribution in [2.45, 2.75) is 31.3 Å². The van der Waals surface area contributed by atoms with E-state index in [2.05, 4.69) is 45.9 Å². The molecule has 4 rings (SSSR count). The predicted molar refractivity (Wildman–Crippen MR) is 111 cm³/mol. The van der Waals surface area contributed by atoms with E-state index in [9.17, 15) is 4.79 Å². The number of aromatic nitrogens is 1. The van der Waals surface area contributed by atoms with Gasteiger partial charge in [0.05, 0.1) is 24.3 Å². The molecule has 0 radical (unpaired) electrons. The Kier molecular flexibility index (Phi) is 5.78. The second-order valence-corrected chi connectivity index (χ2v) is 7.19. The average Bonchev–Trinajstić information content (AvgIpc) is 2.76. The van der Waals surface area contributed by atoms with Gasteiger partial charge in [-0.05, 0) is 48.1 Å². The smallest absolute Gasteiger partial charge is 0.234 e. The number of nitrogens with zero attached hydrogens (tertiary/aromatic N) is 1. The summed E-state index contributed by atoms with van der Waals surface area (Å²) in [4.78, 5) is 17.2. The van der Waals surface area contributed by atoms with Crippen LogP contribution in [0.2, 0.25) is 0 Å². The van der Waals surface area contributed by atoms with Gasteiger partial charge in [0.25, 0.3) is 0 Å². The summed E-state index contributed by atoms with van der Waals surface area (Å²) < 4.78 is 0. The zero-order valence-corrected chi connectivity index (χ0v) is 15.8. The highest BCUT2D eigenvalue weighted by Crippen LogP contribution is 2.29. The molecule has 2 atom stereocenters. The van der Waals surface area contributed by atoms with E-state index in [0.717, 1.165) is 30.5 Å². The first-order valence-electron chi connectivity index (χ1n) is 9.87. The number of rotatable bonds is 6. The van der Waals surface area contributed by atoms with Gasteiger partial charge in [0.2, 0.25) is 5.91 Å². The fourth-order valence-electron chi connectivity index (χ4n) is 3.93. The fourth-order valence-corrected chi connectivity index (χ4v) is 3.93. The molecular weight excluding hydrogens is 346 g/mol. The van der Waals surface area contributed by atoms with E-state index >= 15 is 0 Å². The molecule has 0 aliphatic heterocycles. The molecule has 0 fully saturated rings. The van der Waals surface area contributed by atoms with Crippen LogP contribution in [0, 0.1) is 0 Å². The lowest BCUT2D eigenvalue weighted by molar-refractivity contribution is -0.121. The van der Waals surface area contributed by atoms with Crippen LogP contribution < -0.4 is 10.6 Å². The van der Waals surface area contributed by atoms with Crippen molar-refractivity contribution in [2.24, 2.45) is 0 Å². The van der Waals surface area contributed by atoms with Gasteiger partial charge in [0.15, 0.2) is 0 Å². The van der Waals surface area contributed by atoms with Crippen LogP contribution in [0.5, 0.6) is 0 Å². The number of amides is 1. The third-order valence-electron chi connectivity index (χ3n) is 5.29. The first-order chi connectivity index (χ1) is 13.8. The van der Waals surface area contributed by atoms with Gasteiger partial charge >= 0.3 is 0 Å². The number of aryl methyl sites for hydroxylation is 1. The summed E-state index contributed by atoms with van der Waals surface area (Å²) in [5.74, 6) is 0.0126. The van der Waals surface area contributed by atoms with E-state index in [1.54, 1.807) is 6.20 Å². The van der Waals surface area contributed by atoms with Gasteiger partial charge in [-0.3, -0.25) is 15.1 Å². The lowest BCUT2D eigenvalue weighted by Crippen LogP contribution is -2.39. The Balaban J connectivity index is 1.44. The fraction of sp³-hybridized carbons (Fsp3) is 0.250. The molecule has 1 aliphatic carbocycles. The molecule has 1 amide bonds. The Morgan fingerprint density at radius 2 is 1.79 bits per heavy atom. The van der Waals surface area contributed by atoms with Crippen LogP contribution in [0.3, 0.4) is 0 Å². The van der Waals surface area contributed by atoms with Crippen molar-refractivity contribution < 1.29 is 4.79 Å². The van der Waals surface area contributed by atoms with Gasteiger partial charge in [-0.15, -0.1) is 0 Å². The summed E-state index contributed by atoms with van der Waals surface area (Å²) in [5, 5.41) is 6.60. The van der Waals surface area contributed by atoms with Crippen molar-refractivity contribution in [3.8, 4) is 0 Å². The van der Waals surface area contributed by atoms with Crippen LogP contribution >= 0.6 is 0 Å². The molecule has 2 aromatic carbocycles. The minimum absolute atomic E-state index is 0.0126. The third-order valence-corrected chi connectivity index (χ3v) is 5.29. The van der Waals surface area contributed by atoms with Crippen molar-refractivity contribution in [3.63, 3.8) is 0 Å². The van der Waals surface area contributed by atoms with E-state index in [1.165, 1.54) is 11.1 Å². The molecule has 4 nitrogen and oxygen atoms in total. The number of carbonyl (C=O) groups excluding carboxylic acids is 1. The maximum Gasteiger partial charge on any atom is 0.234 e. The molecule has 142 valence electrons. The zero-order valence-electron chi connectivity index (χ0n) is 15.8. The summed E-state index contributed by atoms with van der Waals surface area (Å²) in [6.07, 6.45) is 4.98. The summed E-state index contributed by atoms with van der Waals surface area (Å²) in [7, 11) is 0. The van der Waals surface area contributed by atoms with Crippen molar-refractivity contribution in [1.29, 1.82) is 0 Å². The van der Waals surface area contributed by atoms with Crippen LogP contribution in [0.25, 0.3) is 0 Å². The number of benzene rings is 2. The van der Waals surface area contributed by atoms with Crippen molar-refractivity contribution in [1.82, 2.24) is 15.6 Å². The topological polar surface area (TPSA) is 54.0 Å². The highest BCUT2D eigenvalue weighted by Gasteiger charge is 2.22. The van der Waals surface area contributed by atoms with E-state index < -0.39 is 0 Å². The Hall–Kier alpha value is -2.98. The number of hydrogen-bond donors (Lipinski definition) is 2. The van der Waals surface area contributed by atoms with Crippen molar-refractivity contribution >= 4 is 5.91 Å². The molecule has 4 heteroatoms. The number of nitrogens with one attached hydrogen (secondary N) is 2. The number of pyridine rings is 1. The lowest BCUT2D eigenvalue weighted by Gasteiger charge is -2.27. The van der Waals surface area contributed by atoms with Crippen LogP contribution in [0.15, 0.2) is 79.0 Å². The van der Waals surface area contributed by atoms with Crippen molar-refractivity contribution in [3.05, 3.63) is 101 Å². The summed E-state index contributed by atoms with van der Waals surface area (Å²) in [6.45, 7) is 0.245. The van der Waals surface area contributed by atoms with E-state index in [1.807, 2.05) is 42.5 Å². The monoisotopic (exact) mass is 371 g/mol. The first kappa shape index (κ1) is 18.4. The first-order valence-corrected chi connectivity index (χ1v) is 9.87. The highest BCUT2D eigenvalue weighted by atomic mass is 16.2. The quantitative estimate of drug-likeness (QED) is 0.690. The minimum atomic E-state index is -0.119. The molecule has 1 aromatic heterocycles. The van der Waals surface area contributed by atoms with Gasteiger partial charge in [-0.25, -0.2) is 0 Å². The SMILES string of the molecule is O=C(CNC(c1ccccc1)c1ccccn1)NC1CCCc2ccccc21. The Morgan fingerprint density at radius 3 is 2.61 bits per heavy atom. The molecule has 28 heavy (non-hydrogen) atoms. The van der Waals surface area contributed by atoms with Crippen LogP contribution in [0.4, 0.5) is 0 Å². The molecule has 0 spiro atoms. The summed E-state index contributed by atoms with van der Waals surface area (Å²) in [5.41, 5.74) is 4.61. The molecule has 2 unspecified atom stereocenters. The van der Waals surface area contributed by atoms with Crippen molar-refractivity contribution in [2.75, 3.05) is 6.54 Å². The molecule has 1 aliphatic rings. The number of fused-ring (bicyclic) bond motifs is 1. The minimum Gasteiger partial charge on any atom is -0.348 e. The maximum absolute atomic E-state index is 12.7. The van der Waals surface area contributed by atoms with E-state index in [4.69, 9.17) is 0 Å². The van der Waals surface area contributed by atoms with Gasteiger partial charge in [-0.2, -0.15) is 0 Å². The molecule has 1 heterocycles. The van der Waals surface area contributed by atoms with E-state index in [0.29, 0.717) is 0 Å². The number of carbonyl (C=O) groups is 1. The Labute approximate surface area is 166 Å². The lowest BCUT2D eigenvalue weighted by atomic mass is 9.88. The third kappa shape index (κ3) is 4.29. The number of hydrogen-bond acceptors (Lipinski definition) is 3. The van der Waals surface area contributed by atoms with Gasteiger partial charge in [-0.1, -0.05) is 60.7 Å². The summed E-state index contributed by atoms with van der Waals surface area (Å²) >= 11 is 0. The predicted octanol–water partition coefficient (Wildman–Crippen LogP) is 3.95. The van der Waals surface area contributed by atoms with Crippen LogP contribution in [0.1, 0.15) is 47.3 Å². The average molecular weight is 371 g/mol. The van der Waals surface area contributed by atoms with Crippen LogP contribution in [-0.4, -0.2) is 17.4 Å². The maximum atomic E-state index is 12.7. The molecule has 0 bridgehead atoms. The molecule has 3 aromatic rings. The second kappa shape index (κ2) is 8.81. The molecule has 0 saturated heterocycles. The largest absolute Gasteiger partial charge is 0.348 e. The van der Waals surface area contributed by atoms with Gasteiger partial charge < -0.3 is 5.32 Å². The van der Waals surface area contributed by atoms with Gasteiger partial charge in [0.1, 0.15) is 0 Å². The molecule has 2 N–H and O–H groups in total. The van der Waals surface area contributed by atoms with E-state index in [-0.39, 0.29) is 24.5 Å². The highest BCUT2D eigenvalue weighted by molar-refractivity contribution is 5.78. The Morgan fingerprint density at radius 1 is 1.00 bits per heavy atom. The standard InChI is InChI=1S/C24H25N3O/c28-23(27-21-15-8-12-18-9-4-5-13-20(18)21)17-26-24(19-10-2-1-3-11-19)22-14-6-7-16-25-22/h1-7,9-11,13-14,16,21,24,26H,8,12,15,17H2,(H,27,28).